The van der Waals surface area contributed by atoms with E-state index in [9.17, 15) is 18.3 Å². The summed E-state index contributed by atoms with van der Waals surface area (Å²) in [5.41, 5.74) is -0.337. The minimum atomic E-state index is -4.14. The molecule has 160 valence electrons. The Bertz CT molecular complexity index is 1420. The Morgan fingerprint density at radius 3 is 2.68 bits per heavy atom. The van der Waals surface area contributed by atoms with E-state index in [4.69, 9.17) is 16.3 Å². The van der Waals surface area contributed by atoms with Crippen LogP contribution in [0.15, 0.2) is 59.6 Å². The molecule has 8 nitrogen and oxygen atoms in total. The topological polar surface area (TPSA) is 111 Å². The first kappa shape index (κ1) is 21.2. The van der Waals surface area contributed by atoms with E-state index in [0.29, 0.717) is 21.9 Å². The number of carbonyl (C=O) groups is 1. The number of nitrogens with zero attached hydrogens (tertiary/aromatic N) is 3. The normalized spacial score (nSPS) is 12.5. The standard InChI is InChI=1S/C21H18ClN3O5S/c1-21(2,20(26)27)30-12-14-11-15-16(8-9-18(22)24-15)25(14)31(28,29)17-7-3-5-13-6-4-10-23-19(13)17/h3-11H,12H2,1-2H3,(H,26,27). The number of aliphatic carboxylic acids is 1. The molecule has 0 aliphatic rings. The lowest BCUT2D eigenvalue weighted by molar-refractivity contribution is -0.162. The number of ether oxygens (including phenoxy) is 1. The van der Waals surface area contributed by atoms with Crippen LogP contribution < -0.4 is 0 Å². The summed E-state index contributed by atoms with van der Waals surface area (Å²) in [6, 6.07) is 13.0. The number of hydrogen-bond donors (Lipinski definition) is 1. The van der Waals surface area contributed by atoms with E-state index in [1.165, 1.54) is 38.2 Å². The molecule has 3 aromatic heterocycles. The fourth-order valence-corrected chi connectivity index (χ4v) is 5.02. The molecule has 0 saturated heterocycles. The van der Waals surface area contributed by atoms with E-state index in [2.05, 4.69) is 9.97 Å². The van der Waals surface area contributed by atoms with Crippen molar-refractivity contribution in [1.82, 2.24) is 13.9 Å². The molecule has 3 heterocycles. The van der Waals surface area contributed by atoms with Crippen molar-refractivity contribution in [2.45, 2.75) is 31.0 Å². The van der Waals surface area contributed by atoms with Crippen LogP contribution in [0.5, 0.6) is 0 Å². The summed E-state index contributed by atoms with van der Waals surface area (Å²) in [6.07, 6.45) is 1.52. The van der Waals surface area contributed by atoms with Crippen LogP contribution in [0, 0.1) is 0 Å². The van der Waals surface area contributed by atoms with Gasteiger partial charge in [-0.15, -0.1) is 0 Å². The summed E-state index contributed by atoms with van der Waals surface area (Å²) >= 11 is 5.99. The van der Waals surface area contributed by atoms with Crippen molar-refractivity contribution in [3.05, 3.63) is 65.6 Å². The van der Waals surface area contributed by atoms with Crippen LogP contribution in [0.1, 0.15) is 19.5 Å². The Hall–Kier alpha value is -3.01. The van der Waals surface area contributed by atoms with E-state index in [0.717, 1.165) is 3.97 Å². The zero-order valence-corrected chi connectivity index (χ0v) is 18.2. The van der Waals surface area contributed by atoms with Gasteiger partial charge in [-0.05, 0) is 44.2 Å². The SMILES string of the molecule is CC(C)(OCc1cc2nc(Cl)ccc2n1S(=O)(=O)c1cccc2cccnc12)C(=O)O. The molecule has 10 heteroatoms. The molecule has 0 aliphatic heterocycles. The smallest absolute Gasteiger partial charge is 0.335 e. The molecular formula is C21H18ClN3O5S. The third kappa shape index (κ3) is 3.76. The Morgan fingerprint density at radius 2 is 1.94 bits per heavy atom. The summed E-state index contributed by atoms with van der Waals surface area (Å²) in [7, 11) is -4.14. The van der Waals surface area contributed by atoms with Gasteiger partial charge in [-0.25, -0.2) is 22.2 Å². The lowest BCUT2D eigenvalue weighted by Gasteiger charge is -2.21. The Kier molecular flexibility index (Phi) is 5.20. The molecule has 0 aliphatic carbocycles. The monoisotopic (exact) mass is 459 g/mol. The quantitative estimate of drug-likeness (QED) is 0.436. The number of para-hydroxylation sites is 1. The first-order valence-corrected chi connectivity index (χ1v) is 11.1. The van der Waals surface area contributed by atoms with Crippen LogP contribution in [-0.4, -0.2) is 39.0 Å². The van der Waals surface area contributed by atoms with Crippen molar-refractivity contribution in [3.8, 4) is 0 Å². The van der Waals surface area contributed by atoms with Gasteiger partial charge in [0.1, 0.15) is 10.0 Å². The first-order chi connectivity index (χ1) is 14.6. The third-order valence-electron chi connectivity index (χ3n) is 4.86. The lowest BCUT2D eigenvalue weighted by Crippen LogP contribution is -2.34. The number of benzene rings is 1. The number of hydrogen-bond acceptors (Lipinski definition) is 6. The second-order valence-electron chi connectivity index (χ2n) is 7.38. The summed E-state index contributed by atoms with van der Waals surface area (Å²) in [5.74, 6) is -1.17. The van der Waals surface area contributed by atoms with Crippen molar-refractivity contribution in [1.29, 1.82) is 0 Å². The summed E-state index contributed by atoms with van der Waals surface area (Å²) in [4.78, 5) is 19.9. The molecule has 4 aromatic rings. The largest absolute Gasteiger partial charge is 0.479 e. The molecule has 0 unspecified atom stereocenters. The highest BCUT2D eigenvalue weighted by atomic mass is 35.5. The Labute approximate surface area is 183 Å². The van der Waals surface area contributed by atoms with Crippen molar-refractivity contribution >= 4 is 49.5 Å². The zero-order chi connectivity index (χ0) is 22.4. The van der Waals surface area contributed by atoms with Gasteiger partial charge in [-0.2, -0.15) is 0 Å². The Morgan fingerprint density at radius 1 is 1.19 bits per heavy atom. The molecule has 0 bridgehead atoms. The Balaban J connectivity index is 1.94. The highest BCUT2D eigenvalue weighted by Gasteiger charge is 2.31. The predicted molar refractivity (Wildman–Crippen MR) is 116 cm³/mol. The van der Waals surface area contributed by atoms with E-state index in [1.54, 1.807) is 30.3 Å². The maximum Gasteiger partial charge on any atom is 0.335 e. The van der Waals surface area contributed by atoms with Gasteiger partial charge in [0.05, 0.1) is 28.9 Å². The molecule has 0 saturated carbocycles. The molecule has 4 rings (SSSR count). The molecule has 1 aromatic carbocycles. The van der Waals surface area contributed by atoms with Crippen LogP contribution in [0.25, 0.3) is 21.9 Å². The molecule has 0 amide bonds. The van der Waals surface area contributed by atoms with Gasteiger partial charge in [0.15, 0.2) is 5.60 Å². The van der Waals surface area contributed by atoms with Crippen molar-refractivity contribution < 1.29 is 23.1 Å². The number of fused-ring (bicyclic) bond motifs is 2. The maximum absolute atomic E-state index is 13.8. The van der Waals surface area contributed by atoms with Crippen LogP contribution in [0.3, 0.4) is 0 Å². The van der Waals surface area contributed by atoms with Crippen molar-refractivity contribution in [2.24, 2.45) is 0 Å². The van der Waals surface area contributed by atoms with E-state index < -0.39 is 21.6 Å². The minimum Gasteiger partial charge on any atom is -0.479 e. The number of pyridine rings is 2. The maximum atomic E-state index is 13.8. The van der Waals surface area contributed by atoms with Crippen LogP contribution in [0.2, 0.25) is 5.15 Å². The highest BCUT2D eigenvalue weighted by Crippen LogP contribution is 2.30. The van der Waals surface area contributed by atoms with Gasteiger partial charge in [0, 0.05) is 11.6 Å². The van der Waals surface area contributed by atoms with Gasteiger partial charge in [0.25, 0.3) is 10.0 Å². The van der Waals surface area contributed by atoms with E-state index in [1.807, 2.05) is 0 Å². The molecule has 0 radical (unpaired) electrons. The molecule has 1 N–H and O–H groups in total. The molecule has 0 atom stereocenters. The number of rotatable bonds is 6. The average Bonchev–Trinajstić information content (AvgIpc) is 3.10. The number of carboxylic acids is 1. The fraction of sp³-hybridized carbons (Fsp3) is 0.190. The van der Waals surface area contributed by atoms with Gasteiger partial charge in [0.2, 0.25) is 0 Å². The minimum absolute atomic E-state index is 0.0109. The number of carboxylic acid groups (broad SMARTS) is 1. The van der Waals surface area contributed by atoms with Gasteiger partial charge < -0.3 is 9.84 Å². The van der Waals surface area contributed by atoms with Crippen LogP contribution >= 0.6 is 11.6 Å². The number of aromatic nitrogens is 3. The first-order valence-electron chi connectivity index (χ1n) is 9.25. The summed E-state index contributed by atoms with van der Waals surface area (Å²) < 4.78 is 34.2. The zero-order valence-electron chi connectivity index (χ0n) is 16.6. The molecule has 0 spiro atoms. The predicted octanol–water partition coefficient (Wildman–Crippen LogP) is 3.85. The van der Waals surface area contributed by atoms with E-state index >= 15 is 0 Å². The van der Waals surface area contributed by atoms with E-state index in [-0.39, 0.29) is 22.3 Å². The summed E-state index contributed by atoms with van der Waals surface area (Å²) in [5, 5.41) is 10.2. The van der Waals surface area contributed by atoms with Gasteiger partial charge >= 0.3 is 5.97 Å². The van der Waals surface area contributed by atoms with Crippen LogP contribution in [-0.2, 0) is 26.2 Å². The second-order valence-corrected chi connectivity index (χ2v) is 9.52. The fourth-order valence-electron chi connectivity index (χ4n) is 3.17. The average molecular weight is 460 g/mol. The summed E-state index contributed by atoms with van der Waals surface area (Å²) in [6.45, 7) is 2.51. The van der Waals surface area contributed by atoms with Gasteiger partial charge in [-0.1, -0.05) is 29.8 Å². The molecule has 31 heavy (non-hydrogen) atoms. The molecule has 0 fully saturated rings. The third-order valence-corrected chi connectivity index (χ3v) is 6.87. The lowest BCUT2D eigenvalue weighted by atomic mass is 10.1. The molecular weight excluding hydrogens is 442 g/mol. The second kappa shape index (κ2) is 7.60. The highest BCUT2D eigenvalue weighted by molar-refractivity contribution is 7.90. The van der Waals surface area contributed by atoms with Gasteiger partial charge in [-0.3, -0.25) is 4.98 Å². The van der Waals surface area contributed by atoms with Crippen LogP contribution in [0.4, 0.5) is 0 Å². The van der Waals surface area contributed by atoms with Crippen molar-refractivity contribution in [2.75, 3.05) is 0 Å². The number of halogens is 1. The van der Waals surface area contributed by atoms with Crippen molar-refractivity contribution in [3.63, 3.8) is 0 Å².